The van der Waals surface area contributed by atoms with E-state index in [2.05, 4.69) is 50.1 Å². The van der Waals surface area contributed by atoms with Crippen LogP contribution in [-0.4, -0.2) is 52.9 Å². The lowest BCUT2D eigenvalue weighted by atomic mass is 10.1. The Kier molecular flexibility index (Phi) is 8.90. The van der Waals surface area contributed by atoms with Gasteiger partial charge in [-0.15, -0.1) is 11.3 Å². The van der Waals surface area contributed by atoms with Crippen LogP contribution in [0.1, 0.15) is 35.7 Å². The molecule has 0 aliphatic carbocycles. The number of benzene rings is 1. The Morgan fingerprint density at radius 1 is 1.27 bits per heavy atom. The number of thiazole rings is 1. The minimum atomic E-state index is -0.474. The molecule has 1 atom stereocenters. The topological polar surface area (TPSA) is 125 Å². The van der Waals surface area contributed by atoms with Crippen molar-refractivity contribution in [2.24, 2.45) is 5.73 Å². The highest BCUT2D eigenvalue weighted by Crippen LogP contribution is 2.38. The van der Waals surface area contributed by atoms with Crippen LogP contribution in [-0.2, 0) is 20.8 Å². The summed E-state index contributed by atoms with van der Waals surface area (Å²) in [4.78, 5) is 31.7. The molecular formula is C29H31FN6O4S. The fourth-order valence-electron chi connectivity index (χ4n) is 4.96. The lowest BCUT2D eigenvalue weighted by Gasteiger charge is -2.26. The summed E-state index contributed by atoms with van der Waals surface area (Å²) in [5, 5.41) is 5.87. The average Bonchev–Trinajstić information content (AvgIpc) is 3.67. The van der Waals surface area contributed by atoms with Gasteiger partial charge < -0.3 is 24.7 Å². The van der Waals surface area contributed by atoms with Gasteiger partial charge in [-0.1, -0.05) is 0 Å². The number of halogens is 1. The molecule has 5 heterocycles. The zero-order valence-electron chi connectivity index (χ0n) is 22.5. The van der Waals surface area contributed by atoms with Gasteiger partial charge in [0, 0.05) is 42.2 Å². The van der Waals surface area contributed by atoms with Gasteiger partial charge in [-0.2, -0.15) is 4.39 Å². The quantitative estimate of drug-likeness (QED) is 0.236. The van der Waals surface area contributed by atoms with Gasteiger partial charge in [-0.25, -0.2) is 14.8 Å². The molecule has 41 heavy (non-hydrogen) atoms. The number of aromatic nitrogens is 3. The molecule has 6 rings (SSSR count). The number of carbonyl (C=O) groups excluding carboxylic acids is 2. The first-order chi connectivity index (χ1) is 19.9. The Bertz CT molecular complexity index is 1490. The smallest absolute Gasteiger partial charge is 0.412 e. The Balaban J connectivity index is 0.00000108. The maximum atomic E-state index is 13.6. The van der Waals surface area contributed by atoms with Crippen molar-refractivity contribution < 1.29 is 23.5 Å². The van der Waals surface area contributed by atoms with Crippen LogP contribution in [0.3, 0.4) is 0 Å². The van der Waals surface area contributed by atoms with Crippen molar-refractivity contribution >= 4 is 35.2 Å². The summed E-state index contributed by atoms with van der Waals surface area (Å²) in [7, 11) is 0. The van der Waals surface area contributed by atoms with Crippen molar-refractivity contribution in [1.29, 1.82) is 0 Å². The van der Waals surface area contributed by atoms with Crippen LogP contribution in [0.15, 0.2) is 60.2 Å². The molecule has 2 aliphatic heterocycles. The highest BCUT2D eigenvalue weighted by Gasteiger charge is 2.29. The number of carbonyl (C=O) groups is 2. The molecule has 0 saturated carbocycles. The molecule has 3 aromatic heterocycles. The number of rotatable bonds is 7. The van der Waals surface area contributed by atoms with Gasteiger partial charge >= 0.3 is 6.09 Å². The van der Waals surface area contributed by atoms with Gasteiger partial charge in [0.1, 0.15) is 5.01 Å². The van der Waals surface area contributed by atoms with Gasteiger partial charge in [0.25, 0.3) is 0 Å². The summed E-state index contributed by atoms with van der Waals surface area (Å²) in [6, 6.07) is 13.4. The Labute approximate surface area is 240 Å². The van der Waals surface area contributed by atoms with Crippen molar-refractivity contribution in [3.8, 4) is 10.7 Å². The van der Waals surface area contributed by atoms with Crippen molar-refractivity contribution in [2.75, 3.05) is 30.0 Å². The van der Waals surface area contributed by atoms with E-state index in [1.165, 1.54) is 12.3 Å². The summed E-state index contributed by atoms with van der Waals surface area (Å²) >= 11 is 1.63. The van der Waals surface area contributed by atoms with Crippen LogP contribution < -0.4 is 16.0 Å². The third-order valence-electron chi connectivity index (χ3n) is 6.84. The fraction of sp³-hybridized carbons (Fsp3) is 0.310. The standard InChI is InChI=1S/C28H28FN5O3S.CH3NO/c1-18-11-25(33(13-18)14-19-8-9-30-26(29)12-19)27-32-23(17-38-27)24-3-2-10-34(24)21-6-4-20(5-7-21)31-28(35)37-22-15-36-16-22;2-1-3/h4-9,11-13,17,22,24H,2-3,10,14-16H2,1H3,(H,31,35);1H,(H2,2,3). The second-order valence-electron chi connectivity index (χ2n) is 9.82. The Hall–Kier alpha value is -4.29. The van der Waals surface area contributed by atoms with Crippen LogP contribution >= 0.6 is 11.3 Å². The molecule has 2 fully saturated rings. The fourth-order valence-corrected chi connectivity index (χ4v) is 5.86. The molecule has 1 aromatic carbocycles. The number of aryl methyl sites for hydroxylation is 1. The van der Waals surface area contributed by atoms with Gasteiger partial charge in [0.2, 0.25) is 12.4 Å². The van der Waals surface area contributed by atoms with Crippen molar-refractivity contribution in [2.45, 2.75) is 38.5 Å². The van der Waals surface area contributed by atoms with E-state index in [1.807, 2.05) is 30.3 Å². The third-order valence-corrected chi connectivity index (χ3v) is 7.72. The first-order valence-electron chi connectivity index (χ1n) is 13.2. The monoisotopic (exact) mass is 578 g/mol. The molecule has 2 saturated heterocycles. The molecule has 0 bridgehead atoms. The summed E-state index contributed by atoms with van der Waals surface area (Å²) in [5.41, 5.74) is 10.0. The Morgan fingerprint density at radius 2 is 2.05 bits per heavy atom. The SMILES string of the molecule is Cc1cc(-c2nc(C3CCCN3c3ccc(NC(=O)OC4COC4)cc3)cs2)n(Cc2ccnc(F)c2)c1.NC=O. The van der Waals surface area contributed by atoms with Crippen molar-refractivity contribution in [3.05, 3.63) is 83.0 Å². The molecule has 4 aromatic rings. The lowest BCUT2D eigenvalue weighted by molar-refractivity contribution is -0.106. The number of nitrogens with two attached hydrogens (primary N) is 1. The predicted octanol–water partition coefficient (Wildman–Crippen LogP) is 4.89. The van der Waals surface area contributed by atoms with Gasteiger partial charge in [0.15, 0.2) is 6.10 Å². The molecule has 12 heteroatoms. The molecule has 1 unspecified atom stereocenters. The van der Waals surface area contributed by atoms with E-state index in [1.54, 1.807) is 11.3 Å². The number of hydrogen-bond acceptors (Lipinski definition) is 8. The predicted molar refractivity (Wildman–Crippen MR) is 154 cm³/mol. The normalized spacial score (nSPS) is 16.4. The van der Waals surface area contributed by atoms with E-state index >= 15 is 0 Å². The first-order valence-corrected chi connectivity index (χ1v) is 14.1. The molecule has 2 amide bonds. The van der Waals surface area contributed by atoms with Gasteiger partial charge in [-0.3, -0.25) is 10.1 Å². The number of primary amides is 1. The number of hydrogen-bond donors (Lipinski definition) is 2. The van der Waals surface area contributed by atoms with E-state index in [4.69, 9.17) is 19.3 Å². The number of nitrogens with one attached hydrogen (secondary N) is 1. The highest BCUT2D eigenvalue weighted by molar-refractivity contribution is 7.13. The highest BCUT2D eigenvalue weighted by atomic mass is 32.1. The molecule has 214 valence electrons. The summed E-state index contributed by atoms with van der Waals surface area (Å²) < 4.78 is 26.0. The first kappa shape index (κ1) is 28.2. The van der Waals surface area contributed by atoms with E-state index in [0.29, 0.717) is 25.4 Å². The maximum absolute atomic E-state index is 13.6. The number of anilines is 2. The summed E-state index contributed by atoms with van der Waals surface area (Å²) in [6.45, 7) is 4.46. The summed E-state index contributed by atoms with van der Waals surface area (Å²) in [6.07, 6.45) is 5.30. The maximum Gasteiger partial charge on any atom is 0.412 e. The largest absolute Gasteiger partial charge is 0.441 e. The zero-order chi connectivity index (χ0) is 28.8. The number of pyridine rings is 1. The zero-order valence-corrected chi connectivity index (χ0v) is 23.4. The molecule has 2 aliphatic rings. The minimum Gasteiger partial charge on any atom is -0.441 e. The number of ether oxygens (including phenoxy) is 2. The third kappa shape index (κ3) is 6.90. The van der Waals surface area contributed by atoms with Gasteiger partial charge in [-0.05, 0) is 73.4 Å². The van der Waals surface area contributed by atoms with Crippen LogP contribution in [0.25, 0.3) is 10.7 Å². The second kappa shape index (κ2) is 12.9. The molecule has 0 spiro atoms. The second-order valence-corrected chi connectivity index (χ2v) is 10.7. The van der Waals surface area contributed by atoms with Crippen LogP contribution in [0, 0.1) is 12.9 Å². The van der Waals surface area contributed by atoms with Crippen LogP contribution in [0.2, 0.25) is 0 Å². The number of amides is 2. The molecular weight excluding hydrogens is 547 g/mol. The lowest BCUT2D eigenvalue weighted by Crippen LogP contribution is -2.38. The van der Waals surface area contributed by atoms with E-state index in [-0.39, 0.29) is 18.6 Å². The van der Waals surface area contributed by atoms with E-state index in [0.717, 1.165) is 52.6 Å². The average molecular weight is 579 g/mol. The number of nitrogens with zero attached hydrogens (tertiary/aromatic N) is 4. The van der Waals surface area contributed by atoms with E-state index < -0.39 is 12.0 Å². The molecule has 0 radical (unpaired) electrons. The molecule has 3 N–H and O–H groups in total. The molecule has 10 nitrogen and oxygen atoms in total. The van der Waals surface area contributed by atoms with Crippen LogP contribution in [0.5, 0.6) is 0 Å². The van der Waals surface area contributed by atoms with Crippen LogP contribution in [0.4, 0.5) is 20.6 Å². The van der Waals surface area contributed by atoms with Crippen molar-refractivity contribution in [1.82, 2.24) is 14.5 Å². The van der Waals surface area contributed by atoms with Crippen molar-refractivity contribution in [3.63, 3.8) is 0 Å². The van der Waals surface area contributed by atoms with E-state index in [9.17, 15) is 9.18 Å². The van der Waals surface area contributed by atoms with Gasteiger partial charge in [0.05, 0.1) is 30.6 Å². The minimum absolute atomic E-state index is 0.159. The summed E-state index contributed by atoms with van der Waals surface area (Å²) in [5.74, 6) is -0.474. The Morgan fingerprint density at radius 3 is 2.76 bits per heavy atom.